The summed E-state index contributed by atoms with van der Waals surface area (Å²) in [5, 5.41) is 0. The van der Waals surface area contributed by atoms with Crippen molar-refractivity contribution < 1.29 is 28.6 Å². The van der Waals surface area contributed by atoms with Crippen molar-refractivity contribution in [2.45, 2.75) is 207 Å². The van der Waals surface area contributed by atoms with Gasteiger partial charge >= 0.3 is 17.9 Å². The molecule has 0 rings (SSSR count). The Morgan fingerprint density at radius 2 is 0.746 bits per heavy atom. The van der Waals surface area contributed by atoms with Crippen LogP contribution in [0.2, 0.25) is 0 Å². The van der Waals surface area contributed by atoms with Gasteiger partial charge in [0.25, 0.3) is 0 Å². The minimum atomic E-state index is -0.799. The van der Waals surface area contributed by atoms with Crippen molar-refractivity contribution in [1.29, 1.82) is 0 Å². The van der Waals surface area contributed by atoms with E-state index in [-0.39, 0.29) is 31.1 Å². The van der Waals surface area contributed by atoms with Crippen LogP contribution in [0.25, 0.3) is 0 Å². The van der Waals surface area contributed by atoms with Crippen LogP contribution in [0.5, 0.6) is 0 Å². The molecule has 334 valence electrons. The summed E-state index contributed by atoms with van der Waals surface area (Å²) in [5.41, 5.74) is 0. The van der Waals surface area contributed by atoms with Crippen molar-refractivity contribution in [2.75, 3.05) is 13.2 Å². The minimum Gasteiger partial charge on any atom is -0.462 e. The molecule has 0 radical (unpaired) electrons. The number of hydrogen-bond acceptors (Lipinski definition) is 6. The summed E-state index contributed by atoms with van der Waals surface area (Å²) in [6, 6.07) is 0. The summed E-state index contributed by atoms with van der Waals surface area (Å²) in [6.07, 6.45) is 61.0. The number of hydrogen-bond donors (Lipinski definition) is 0. The molecule has 0 spiro atoms. The van der Waals surface area contributed by atoms with Gasteiger partial charge in [0, 0.05) is 19.3 Å². The third-order valence-corrected chi connectivity index (χ3v) is 9.65. The Morgan fingerprint density at radius 3 is 1.25 bits per heavy atom. The average molecular weight is 819 g/mol. The molecule has 0 amide bonds. The van der Waals surface area contributed by atoms with Crippen LogP contribution in [-0.4, -0.2) is 37.2 Å². The number of carbonyl (C=O) groups excluding carboxylic acids is 3. The molecule has 59 heavy (non-hydrogen) atoms. The van der Waals surface area contributed by atoms with Crippen molar-refractivity contribution in [2.24, 2.45) is 0 Å². The fourth-order valence-electron chi connectivity index (χ4n) is 6.09. The molecule has 1 atom stereocenters. The molecule has 1 unspecified atom stereocenters. The highest BCUT2D eigenvalue weighted by Gasteiger charge is 2.19. The first-order chi connectivity index (χ1) is 29.0. The first kappa shape index (κ1) is 55.3. The number of unbranched alkanes of at least 4 members (excludes halogenated alkanes) is 17. The molecule has 0 fully saturated rings. The molecule has 0 aromatic heterocycles. The lowest BCUT2D eigenvalue weighted by molar-refractivity contribution is -0.167. The van der Waals surface area contributed by atoms with Crippen LogP contribution in [0.1, 0.15) is 201 Å². The van der Waals surface area contributed by atoms with Gasteiger partial charge in [-0.2, -0.15) is 0 Å². The minimum absolute atomic E-state index is 0.0994. The highest BCUT2D eigenvalue weighted by molar-refractivity contribution is 5.71. The van der Waals surface area contributed by atoms with Crippen LogP contribution >= 0.6 is 0 Å². The molecule has 0 aliphatic heterocycles. The number of rotatable bonds is 41. The Labute approximate surface area is 362 Å². The van der Waals surface area contributed by atoms with E-state index < -0.39 is 6.10 Å². The summed E-state index contributed by atoms with van der Waals surface area (Å²) >= 11 is 0. The first-order valence-electron chi connectivity index (χ1n) is 23.8. The van der Waals surface area contributed by atoms with E-state index in [1.807, 2.05) is 24.3 Å². The van der Waals surface area contributed by atoms with E-state index in [0.29, 0.717) is 19.3 Å². The molecule has 0 aliphatic rings. The maximum Gasteiger partial charge on any atom is 0.306 e. The molecule has 0 aliphatic carbocycles. The van der Waals surface area contributed by atoms with Crippen LogP contribution < -0.4 is 0 Å². The number of esters is 3. The van der Waals surface area contributed by atoms with Crippen molar-refractivity contribution in [3.05, 3.63) is 97.2 Å². The Balaban J connectivity index is 4.46. The predicted octanol–water partition coefficient (Wildman–Crippen LogP) is 15.4. The van der Waals surface area contributed by atoms with Crippen LogP contribution in [0, 0.1) is 0 Å². The summed E-state index contributed by atoms with van der Waals surface area (Å²) in [6.45, 7) is 6.28. The Bertz CT molecular complexity index is 1220. The van der Waals surface area contributed by atoms with Crippen LogP contribution in [0.4, 0.5) is 0 Å². The fraction of sp³-hybridized carbons (Fsp3) is 0.642. The summed E-state index contributed by atoms with van der Waals surface area (Å²) in [5.74, 6) is -0.957. The predicted molar refractivity (Wildman–Crippen MR) is 251 cm³/mol. The highest BCUT2D eigenvalue weighted by atomic mass is 16.6. The van der Waals surface area contributed by atoms with E-state index in [4.69, 9.17) is 14.2 Å². The number of ether oxygens (including phenoxy) is 3. The van der Waals surface area contributed by atoms with Crippen molar-refractivity contribution in [3.63, 3.8) is 0 Å². The SMILES string of the molecule is CC\C=C/C=C\C=C/C=C\CCCCCCCC(=O)OC(COC(=O)CCCCCC/C=C\CCCC)COC(=O)CCCCCCCC/C=C\C/C=C\C/C=C\CC. The molecule has 0 saturated carbocycles. The van der Waals surface area contributed by atoms with E-state index in [1.54, 1.807) is 0 Å². The third kappa shape index (κ3) is 45.3. The van der Waals surface area contributed by atoms with Gasteiger partial charge in [0.05, 0.1) is 0 Å². The Hall–Kier alpha value is -3.67. The monoisotopic (exact) mass is 819 g/mol. The quantitative estimate of drug-likeness (QED) is 0.0201. The van der Waals surface area contributed by atoms with Gasteiger partial charge < -0.3 is 14.2 Å². The number of carbonyl (C=O) groups is 3. The standard InChI is InChI=1S/C53H86O6/c1-4-7-10-13-16-19-22-24-26-28-29-31-34-37-40-43-46-52(55)58-49-50(48-57-51(54)45-42-39-36-33-21-18-15-12-9-6-3)59-53(56)47-44-41-38-35-32-30-27-25-23-20-17-14-11-8-5-2/h7-8,10-11,14-20,23-27,50H,4-6,9,12-13,21-22,28-49H2,1-3H3/b10-7-,11-8-,17-14-,18-15-,19-16-,23-20-,26-24-,27-25-. The molecular weight excluding hydrogens is 733 g/mol. The van der Waals surface area contributed by atoms with E-state index in [0.717, 1.165) is 135 Å². The van der Waals surface area contributed by atoms with Gasteiger partial charge in [-0.25, -0.2) is 0 Å². The second-order valence-electron chi connectivity index (χ2n) is 15.3. The van der Waals surface area contributed by atoms with Crippen LogP contribution in [0.3, 0.4) is 0 Å². The molecule has 6 nitrogen and oxygen atoms in total. The first-order valence-corrected chi connectivity index (χ1v) is 23.8. The van der Waals surface area contributed by atoms with Gasteiger partial charge in [0.2, 0.25) is 0 Å². The van der Waals surface area contributed by atoms with E-state index in [9.17, 15) is 14.4 Å². The highest BCUT2D eigenvalue weighted by Crippen LogP contribution is 2.13. The summed E-state index contributed by atoms with van der Waals surface area (Å²) in [7, 11) is 0. The zero-order valence-corrected chi connectivity index (χ0v) is 38.0. The Kier molecular flexibility index (Phi) is 44.1. The molecule has 0 saturated heterocycles. The summed E-state index contributed by atoms with van der Waals surface area (Å²) < 4.78 is 16.7. The van der Waals surface area contributed by atoms with Gasteiger partial charge in [0.1, 0.15) is 13.2 Å². The average Bonchev–Trinajstić information content (AvgIpc) is 3.23. The lowest BCUT2D eigenvalue weighted by Crippen LogP contribution is -2.30. The largest absolute Gasteiger partial charge is 0.462 e. The summed E-state index contributed by atoms with van der Waals surface area (Å²) in [4.78, 5) is 37.8. The molecule has 0 N–H and O–H groups in total. The lowest BCUT2D eigenvalue weighted by atomic mass is 10.1. The van der Waals surface area contributed by atoms with Crippen molar-refractivity contribution in [1.82, 2.24) is 0 Å². The lowest BCUT2D eigenvalue weighted by Gasteiger charge is -2.18. The van der Waals surface area contributed by atoms with Crippen LogP contribution in [-0.2, 0) is 28.6 Å². The topological polar surface area (TPSA) is 78.9 Å². The molecule has 0 aromatic rings. The fourth-order valence-corrected chi connectivity index (χ4v) is 6.09. The molecular formula is C53H86O6. The maximum atomic E-state index is 12.7. The molecule has 0 aromatic carbocycles. The third-order valence-electron chi connectivity index (χ3n) is 9.65. The smallest absolute Gasteiger partial charge is 0.306 e. The van der Waals surface area contributed by atoms with Gasteiger partial charge in [-0.3, -0.25) is 14.4 Å². The van der Waals surface area contributed by atoms with Gasteiger partial charge in [0.15, 0.2) is 6.10 Å². The van der Waals surface area contributed by atoms with Gasteiger partial charge in [-0.15, -0.1) is 0 Å². The normalized spacial score (nSPS) is 12.9. The zero-order valence-electron chi connectivity index (χ0n) is 38.0. The van der Waals surface area contributed by atoms with Crippen molar-refractivity contribution in [3.8, 4) is 0 Å². The van der Waals surface area contributed by atoms with Crippen LogP contribution in [0.15, 0.2) is 97.2 Å². The van der Waals surface area contributed by atoms with Gasteiger partial charge in [-0.05, 0) is 89.9 Å². The molecule has 0 bridgehead atoms. The van der Waals surface area contributed by atoms with Gasteiger partial charge in [-0.1, -0.05) is 189 Å². The van der Waals surface area contributed by atoms with E-state index in [2.05, 4.69) is 93.7 Å². The molecule has 0 heterocycles. The molecule has 6 heteroatoms. The van der Waals surface area contributed by atoms with Crippen molar-refractivity contribution >= 4 is 17.9 Å². The number of allylic oxidation sites excluding steroid dienone is 16. The second kappa shape index (κ2) is 47.0. The van der Waals surface area contributed by atoms with E-state index >= 15 is 0 Å². The van der Waals surface area contributed by atoms with E-state index in [1.165, 1.54) is 25.7 Å². The Morgan fingerprint density at radius 1 is 0.373 bits per heavy atom. The second-order valence-corrected chi connectivity index (χ2v) is 15.3. The zero-order chi connectivity index (χ0) is 43.0. The maximum absolute atomic E-state index is 12.7.